The number of hydrogen-bond donors (Lipinski definition) is 0. The summed E-state index contributed by atoms with van der Waals surface area (Å²) < 4.78 is 5.32. The average Bonchev–Trinajstić information content (AvgIpc) is 2.98. The van der Waals surface area contributed by atoms with E-state index in [0.717, 1.165) is 4.88 Å². The van der Waals surface area contributed by atoms with E-state index in [0.29, 0.717) is 26.2 Å². The monoisotopic (exact) mass is 296 g/mol. The minimum atomic E-state index is 0.00178. The largest absolute Gasteiger partial charge is 0.369 e. The van der Waals surface area contributed by atoms with E-state index >= 15 is 0 Å². The number of carbonyl (C=O) groups excluding carboxylic acids is 2. The quantitative estimate of drug-likeness (QED) is 0.845. The Hall–Kier alpha value is -1.40. The number of thiophene rings is 1. The van der Waals surface area contributed by atoms with E-state index in [9.17, 15) is 9.59 Å². The predicted molar refractivity (Wildman–Crippen MR) is 77.9 cm³/mol. The second-order valence-electron chi connectivity index (χ2n) is 5.01. The van der Waals surface area contributed by atoms with Gasteiger partial charge in [-0.1, -0.05) is 6.07 Å². The van der Waals surface area contributed by atoms with Crippen LogP contribution < -0.4 is 0 Å². The first-order valence-corrected chi connectivity index (χ1v) is 7.68. The first kappa shape index (κ1) is 15.0. The van der Waals surface area contributed by atoms with Gasteiger partial charge in [-0.2, -0.15) is 0 Å². The zero-order valence-corrected chi connectivity index (χ0v) is 12.7. The molecule has 0 unspecified atom stereocenters. The molecule has 0 saturated carbocycles. The summed E-state index contributed by atoms with van der Waals surface area (Å²) in [5, 5.41) is 1.90. The summed E-state index contributed by atoms with van der Waals surface area (Å²) in [6.07, 6.45) is 0.0562. The molecular formula is C14H20N2O3S. The van der Waals surface area contributed by atoms with Crippen molar-refractivity contribution in [2.75, 3.05) is 32.8 Å². The average molecular weight is 296 g/mol. The summed E-state index contributed by atoms with van der Waals surface area (Å²) in [5.41, 5.74) is 0. The Morgan fingerprint density at radius 3 is 2.45 bits per heavy atom. The molecule has 0 N–H and O–H groups in total. The number of rotatable bonds is 4. The summed E-state index contributed by atoms with van der Waals surface area (Å²) >= 11 is 1.45. The van der Waals surface area contributed by atoms with E-state index in [1.807, 2.05) is 31.4 Å². The van der Waals surface area contributed by atoms with Crippen molar-refractivity contribution in [2.45, 2.75) is 20.0 Å². The molecule has 6 heteroatoms. The Morgan fingerprint density at radius 1 is 1.25 bits per heavy atom. The lowest BCUT2D eigenvalue weighted by atomic mass is 10.3. The smallest absolute Gasteiger partial charge is 0.264 e. The van der Waals surface area contributed by atoms with Gasteiger partial charge >= 0.3 is 0 Å². The van der Waals surface area contributed by atoms with Crippen molar-refractivity contribution in [1.29, 1.82) is 0 Å². The summed E-state index contributed by atoms with van der Waals surface area (Å²) in [6, 6.07) is 3.71. The van der Waals surface area contributed by atoms with Gasteiger partial charge in [0.1, 0.15) is 6.61 Å². The van der Waals surface area contributed by atoms with Crippen molar-refractivity contribution in [1.82, 2.24) is 9.80 Å². The molecule has 20 heavy (non-hydrogen) atoms. The fraction of sp³-hybridized carbons (Fsp3) is 0.571. The molecule has 2 heterocycles. The zero-order valence-electron chi connectivity index (χ0n) is 11.9. The van der Waals surface area contributed by atoms with E-state index in [1.165, 1.54) is 11.3 Å². The van der Waals surface area contributed by atoms with Gasteiger partial charge in [0, 0.05) is 26.2 Å². The van der Waals surface area contributed by atoms with Crippen molar-refractivity contribution < 1.29 is 14.3 Å². The maximum Gasteiger partial charge on any atom is 0.264 e. The molecule has 1 aliphatic heterocycles. The minimum absolute atomic E-state index is 0.00178. The van der Waals surface area contributed by atoms with Crippen LogP contribution >= 0.6 is 11.3 Å². The molecule has 2 amide bonds. The molecule has 1 saturated heterocycles. The lowest BCUT2D eigenvalue weighted by Crippen LogP contribution is -2.51. The van der Waals surface area contributed by atoms with Crippen LogP contribution in [0.15, 0.2) is 17.5 Å². The van der Waals surface area contributed by atoms with E-state index < -0.39 is 0 Å². The summed E-state index contributed by atoms with van der Waals surface area (Å²) in [4.78, 5) is 28.4. The van der Waals surface area contributed by atoms with Crippen LogP contribution in [0.3, 0.4) is 0 Å². The molecule has 0 radical (unpaired) electrons. The summed E-state index contributed by atoms with van der Waals surface area (Å²) in [7, 11) is 0. The first-order chi connectivity index (χ1) is 9.58. The molecule has 1 fully saturated rings. The van der Waals surface area contributed by atoms with E-state index in [4.69, 9.17) is 4.74 Å². The van der Waals surface area contributed by atoms with E-state index in [-0.39, 0.29) is 24.5 Å². The fourth-order valence-corrected chi connectivity index (χ4v) is 2.74. The molecule has 0 spiro atoms. The van der Waals surface area contributed by atoms with Crippen LogP contribution in [-0.2, 0) is 9.53 Å². The molecule has 110 valence electrons. The fourth-order valence-electron chi connectivity index (χ4n) is 2.04. The molecule has 0 aliphatic carbocycles. The molecular weight excluding hydrogens is 276 g/mol. The Labute approximate surface area is 123 Å². The van der Waals surface area contributed by atoms with Gasteiger partial charge in [0.2, 0.25) is 5.91 Å². The molecule has 0 atom stereocenters. The Kier molecular flexibility index (Phi) is 5.14. The molecule has 5 nitrogen and oxygen atoms in total. The van der Waals surface area contributed by atoms with Crippen LogP contribution in [0.25, 0.3) is 0 Å². The van der Waals surface area contributed by atoms with Gasteiger partial charge in [-0.25, -0.2) is 0 Å². The van der Waals surface area contributed by atoms with E-state index in [2.05, 4.69) is 0 Å². The second-order valence-corrected chi connectivity index (χ2v) is 5.96. The number of amides is 2. The number of carbonyl (C=O) groups is 2. The Bertz CT molecular complexity index is 451. The molecule has 1 aliphatic rings. The zero-order chi connectivity index (χ0) is 14.5. The van der Waals surface area contributed by atoms with Crippen LogP contribution in [0.1, 0.15) is 23.5 Å². The SMILES string of the molecule is CC(C)OCC(=O)N1CCN(C(=O)c2cccs2)CC1. The van der Waals surface area contributed by atoms with Gasteiger partial charge in [-0.05, 0) is 25.3 Å². The van der Waals surface area contributed by atoms with Gasteiger partial charge in [0.25, 0.3) is 5.91 Å². The number of hydrogen-bond acceptors (Lipinski definition) is 4. The third-order valence-electron chi connectivity index (χ3n) is 3.19. The van der Waals surface area contributed by atoms with Crippen LogP contribution in [-0.4, -0.2) is 60.5 Å². The third kappa shape index (κ3) is 3.80. The Balaban J connectivity index is 1.80. The van der Waals surface area contributed by atoms with Crippen LogP contribution in [0, 0.1) is 0 Å². The second kappa shape index (κ2) is 6.85. The standard InChI is InChI=1S/C14H20N2O3S/c1-11(2)19-10-13(17)15-5-7-16(8-6-15)14(18)12-4-3-9-20-12/h3-4,9,11H,5-8,10H2,1-2H3. The van der Waals surface area contributed by atoms with Crippen molar-refractivity contribution in [3.63, 3.8) is 0 Å². The number of piperazine rings is 1. The highest BCUT2D eigenvalue weighted by Gasteiger charge is 2.25. The maximum atomic E-state index is 12.2. The van der Waals surface area contributed by atoms with Gasteiger partial charge in [-0.15, -0.1) is 11.3 Å². The van der Waals surface area contributed by atoms with Crippen molar-refractivity contribution in [3.8, 4) is 0 Å². The number of ether oxygens (including phenoxy) is 1. The Morgan fingerprint density at radius 2 is 1.90 bits per heavy atom. The van der Waals surface area contributed by atoms with Crippen molar-refractivity contribution in [3.05, 3.63) is 22.4 Å². The molecule has 0 aromatic carbocycles. The molecule has 2 rings (SSSR count). The maximum absolute atomic E-state index is 12.2. The minimum Gasteiger partial charge on any atom is -0.369 e. The lowest BCUT2D eigenvalue weighted by Gasteiger charge is -2.34. The highest BCUT2D eigenvalue weighted by Crippen LogP contribution is 2.14. The highest BCUT2D eigenvalue weighted by molar-refractivity contribution is 7.12. The van der Waals surface area contributed by atoms with Gasteiger partial charge in [0.15, 0.2) is 0 Å². The highest BCUT2D eigenvalue weighted by atomic mass is 32.1. The predicted octanol–water partition coefficient (Wildman–Crippen LogP) is 1.46. The van der Waals surface area contributed by atoms with Gasteiger partial charge in [-0.3, -0.25) is 9.59 Å². The normalized spacial score (nSPS) is 15.8. The number of nitrogens with zero attached hydrogens (tertiary/aromatic N) is 2. The van der Waals surface area contributed by atoms with Gasteiger partial charge < -0.3 is 14.5 Å². The van der Waals surface area contributed by atoms with Crippen LogP contribution in [0.5, 0.6) is 0 Å². The van der Waals surface area contributed by atoms with Crippen LogP contribution in [0.2, 0.25) is 0 Å². The van der Waals surface area contributed by atoms with Gasteiger partial charge in [0.05, 0.1) is 11.0 Å². The molecule has 1 aromatic heterocycles. The van der Waals surface area contributed by atoms with E-state index in [1.54, 1.807) is 9.80 Å². The summed E-state index contributed by atoms with van der Waals surface area (Å²) in [5.74, 6) is 0.0625. The van der Waals surface area contributed by atoms with Crippen molar-refractivity contribution in [2.24, 2.45) is 0 Å². The molecule has 1 aromatic rings. The third-order valence-corrected chi connectivity index (χ3v) is 4.05. The lowest BCUT2D eigenvalue weighted by molar-refractivity contribution is -0.139. The first-order valence-electron chi connectivity index (χ1n) is 6.80. The van der Waals surface area contributed by atoms with Crippen molar-refractivity contribution >= 4 is 23.2 Å². The topological polar surface area (TPSA) is 49.9 Å². The van der Waals surface area contributed by atoms with Crippen LogP contribution in [0.4, 0.5) is 0 Å². The molecule has 0 bridgehead atoms. The summed E-state index contributed by atoms with van der Waals surface area (Å²) in [6.45, 7) is 6.27.